The maximum atomic E-state index is 12.8. The van der Waals surface area contributed by atoms with Gasteiger partial charge in [-0.2, -0.15) is 0 Å². The number of hydrogen-bond donors (Lipinski definition) is 2. The Balaban J connectivity index is 0.00000225. The van der Waals surface area contributed by atoms with Crippen LogP contribution in [0.15, 0.2) is 0 Å². The first kappa shape index (κ1) is 20.0. The van der Waals surface area contributed by atoms with Crippen LogP contribution < -0.4 is 10.6 Å². The van der Waals surface area contributed by atoms with Gasteiger partial charge >= 0.3 is 6.03 Å². The summed E-state index contributed by atoms with van der Waals surface area (Å²) in [7, 11) is 0. The van der Waals surface area contributed by atoms with Crippen molar-refractivity contribution < 1.29 is 14.4 Å². The number of amides is 4. The van der Waals surface area contributed by atoms with E-state index in [0.717, 1.165) is 50.1 Å². The van der Waals surface area contributed by atoms with E-state index in [1.807, 2.05) is 11.8 Å². The molecule has 4 amide bonds. The molecule has 1 aliphatic carbocycles. The first-order valence-electron chi connectivity index (χ1n) is 9.11. The van der Waals surface area contributed by atoms with Crippen LogP contribution in [0.3, 0.4) is 0 Å². The SMILES string of the molecule is CCCN(C(=O)CN1C(=O)NC(C)(C2CC2)C1=O)C1CCNCC1.Cl. The van der Waals surface area contributed by atoms with E-state index in [1.54, 1.807) is 6.92 Å². The van der Waals surface area contributed by atoms with Crippen molar-refractivity contribution in [2.75, 3.05) is 26.2 Å². The summed E-state index contributed by atoms with van der Waals surface area (Å²) in [4.78, 5) is 40.7. The van der Waals surface area contributed by atoms with Gasteiger partial charge in [-0.25, -0.2) is 4.79 Å². The minimum absolute atomic E-state index is 0. The van der Waals surface area contributed by atoms with Crippen molar-refractivity contribution in [1.29, 1.82) is 0 Å². The summed E-state index contributed by atoms with van der Waals surface area (Å²) in [6.07, 6.45) is 4.63. The van der Waals surface area contributed by atoms with E-state index in [9.17, 15) is 14.4 Å². The molecule has 2 heterocycles. The maximum Gasteiger partial charge on any atom is 0.325 e. The first-order valence-corrected chi connectivity index (χ1v) is 9.11. The van der Waals surface area contributed by atoms with Gasteiger partial charge in [-0.1, -0.05) is 6.92 Å². The van der Waals surface area contributed by atoms with Crippen LogP contribution in [0.1, 0.15) is 46.0 Å². The topological polar surface area (TPSA) is 81.8 Å². The van der Waals surface area contributed by atoms with Gasteiger partial charge in [0.2, 0.25) is 5.91 Å². The Hall–Kier alpha value is -1.34. The molecule has 142 valence electrons. The minimum atomic E-state index is -0.818. The van der Waals surface area contributed by atoms with Gasteiger partial charge in [-0.15, -0.1) is 12.4 Å². The highest BCUT2D eigenvalue weighted by Gasteiger charge is 2.56. The van der Waals surface area contributed by atoms with Gasteiger partial charge < -0.3 is 15.5 Å². The number of rotatable bonds is 6. The van der Waals surface area contributed by atoms with Crippen LogP contribution in [0.5, 0.6) is 0 Å². The van der Waals surface area contributed by atoms with Gasteiger partial charge in [0.1, 0.15) is 12.1 Å². The molecule has 8 heteroatoms. The number of nitrogens with zero attached hydrogens (tertiary/aromatic N) is 2. The van der Waals surface area contributed by atoms with Crippen LogP contribution in [0.2, 0.25) is 0 Å². The van der Waals surface area contributed by atoms with Gasteiger partial charge in [0.05, 0.1) is 0 Å². The Morgan fingerprint density at radius 3 is 2.44 bits per heavy atom. The van der Waals surface area contributed by atoms with Crippen LogP contribution in [-0.4, -0.2) is 65.4 Å². The Labute approximate surface area is 155 Å². The second-order valence-corrected chi connectivity index (χ2v) is 7.37. The summed E-state index contributed by atoms with van der Waals surface area (Å²) in [5.74, 6) is -0.150. The van der Waals surface area contributed by atoms with Gasteiger partial charge in [0.25, 0.3) is 5.91 Å². The third-order valence-electron chi connectivity index (χ3n) is 5.52. The fourth-order valence-corrected chi connectivity index (χ4v) is 3.89. The van der Waals surface area contributed by atoms with Gasteiger partial charge in [0.15, 0.2) is 0 Å². The first-order chi connectivity index (χ1) is 11.5. The number of carbonyl (C=O) groups excluding carboxylic acids is 3. The van der Waals surface area contributed by atoms with Crippen LogP contribution in [0.4, 0.5) is 4.79 Å². The number of carbonyl (C=O) groups is 3. The van der Waals surface area contributed by atoms with Crippen molar-refractivity contribution in [2.45, 2.75) is 57.5 Å². The number of piperidine rings is 1. The van der Waals surface area contributed by atoms with Crippen LogP contribution in [-0.2, 0) is 9.59 Å². The third-order valence-corrected chi connectivity index (χ3v) is 5.52. The molecule has 0 radical (unpaired) electrons. The zero-order chi connectivity index (χ0) is 17.3. The van der Waals surface area contributed by atoms with Crippen molar-refractivity contribution in [1.82, 2.24) is 20.4 Å². The molecule has 3 rings (SSSR count). The quantitative estimate of drug-likeness (QED) is 0.684. The number of imide groups is 1. The van der Waals surface area contributed by atoms with E-state index in [1.165, 1.54) is 0 Å². The monoisotopic (exact) mass is 372 g/mol. The molecule has 25 heavy (non-hydrogen) atoms. The van der Waals surface area contributed by atoms with E-state index in [-0.39, 0.29) is 42.7 Å². The van der Waals surface area contributed by atoms with E-state index in [4.69, 9.17) is 0 Å². The summed E-state index contributed by atoms with van der Waals surface area (Å²) in [6.45, 7) is 6.16. The van der Waals surface area contributed by atoms with Crippen LogP contribution >= 0.6 is 12.4 Å². The lowest BCUT2D eigenvalue weighted by Crippen LogP contribution is -2.51. The Morgan fingerprint density at radius 1 is 1.24 bits per heavy atom. The highest BCUT2D eigenvalue weighted by Crippen LogP contribution is 2.42. The smallest absolute Gasteiger partial charge is 0.325 e. The number of hydrogen-bond acceptors (Lipinski definition) is 4. The average molecular weight is 373 g/mol. The van der Waals surface area contributed by atoms with Crippen LogP contribution in [0, 0.1) is 5.92 Å². The molecule has 1 atom stereocenters. The molecule has 3 fully saturated rings. The Bertz CT molecular complexity index is 534. The molecule has 1 unspecified atom stereocenters. The molecule has 0 aromatic carbocycles. The van der Waals surface area contributed by atoms with E-state index < -0.39 is 11.6 Å². The molecule has 2 N–H and O–H groups in total. The molecule has 7 nitrogen and oxygen atoms in total. The second-order valence-electron chi connectivity index (χ2n) is 7.37. The molecule has 2 aliphatic heterocycles. The summed E-state index contributed by atoms with van der Waals surface area (Å²) >= 11 is 0. The van der Waals surface area contributed by atoms with Gasteiger partial charge in [0, 0.05) is 12.6 Å². The van der Waals surface area contributed by atoms with Gasteiger partial charge in [-0.05, 0) is 58.0 Å². The van der Waals surface area contributed by atoms with E-state index in [2.05, 4.69) is 10.6 Å². The fourth-order valence-electron chi connectivity index (χ4n) is 3.89. The standard InChI is InChI=1S/C17H28N4O3.ClH/c1-3-10-20(13-6-8-18-9-7-13)14(22)11-21-15(23)17(2,12-4-5-12)19-16(21)24;/h12-13,18H,3-11H2,1-2H3,(H,19,24);1H. The maximum absolute atomic E-state index is 12.8. The Morgan fingerprint density at radius 2 is 1.88 bits per heavy atom. The summed E-state index contributed by atoms with van der Waals surface area (Å²) in [6, 6.07) is -0.223. The molecule has 0 spiro atoms. The highest BCUT2D eigenvalue weighted by atomic mass is 35.5. The van der Waals surface area contributed by atoms with E-state index in [0.29, 0.717) is 6.54 Å². The number of nitrogens with one attached hydrogen (secondary N) is 2. The average Bonchev–Trinajstić information content (AvgIpc) is 3.39. The van der Waals surface area contributed by atoms with Crippen molar-refractivity contribution in [3.05, 3.63) is 0 Å². The minimum Gasteiger partial charge on any atom is -0.338 e. The molecule has 0 aromatic rings. The number of urea groups is 1. The van der Waals surface area contributed by atoms with Crippen molar-refractivity contribution in [3.8, 4) is 0 Å². The molecule has 2 saturated heterocycles. The zero-order valence-corrected chi connectivity index (χ0v) is 15.9. The zero-order valence-electron chi connectivity index (χ0n) is 15.0. The molecule has 1 saturated carbocycles. The molecule has 0 aromatic heterocycles. The molecular weight excluding hydrogens is 344 g/mol. The highest BCUT2D eigenvalue weighted by molar-refractivity contribution is 6.09. The van der Waals surface area contributed by atoms with Crippen LogP contribution in [0.25, 0.3) is 0 Å². The predicted molar refractivity (Wildman–Crippen MR) is 96.5 cm³/mol. The largest absolute Gasteiger partial charge is 0.338 e. The molecule has 0 bridgehead atoms. The van der Waals surface area contributed by atoms with Crippen molar-refractivity contribution in [2.24, 2.45) is 5.92 Å². The fraction of sp³-hybridized carbons (Fsp3) is 0.824. The lowest BCUT2D eigenvalue weighted by molar-refractivity contribution is -0.140. The normalized spacial score (nSPS) is 27.0. The Kier molecular flexibility index (Phi) is 6.32. The number of halogens is 1. The summed E-state index contributed by atoms with van der Waals surface area (Å²) in [5.41, 5.74) is -0.818. The summed E-state index contributed by atoms with van der Waals surface area (Å²) in [5, 5.41) is 6.11. The van der Waals surface area contributed by atoms with Crippen molar-refractivity contribution in [3.63, 3.8) is 0 Å². The lowest BCUT2D eigenvalue weighted by atomic mass is 9.96. The lowest BCUT2D eigenvalue weighted by Gasteiger charge is -2.35. The second kappa shape index (κ2) is 7.91. The van der Waals surface area contributed by atoms with E-state index >= 15 is 0 Å². The molecule has 3 aliphatic rings. The summed E-state index contributed by atoms with van der Waals surface area (Å²) < 4.78 is 0. The molecular formula is C17H29ClN4O3. The third kappa shape index (κ3) is 3.92. The predicted octanol–water partition coefficient (Wildman–Crippen LogP) is 1.12. The van der Waals surface area contributed by atoms with Gasteiger partial charge in [-0.3, -0.25) is 14.5 Å². The van der Waals surface area contributed by atoms with Crippen molar-refractivity contribution >= 4 is 30.3 Å².